The smallest absolute Gasteiger partial charge is 0.310 e. The topological polar surface area (TPSA) is 107 Å². The summed E-state index contributed by atoms with van der Waals surface area (Å²) < 4.78 is 5.30. The first-order chi connectivity index (χ1) is 13.5. The van der Waals surface area contributed by atoms with Gasteiger partial charge in [-0.1, -0.05) is 12.1 Å². The van der Waals surface area contributed by atoms with Crippen molar-refractivity contribution in [3.63, 3.8) is 0 Å². The maximum atomic E-state index is 12.2. The van der Waals surface area contributed by atoms with E-state index in [0.29, 0.717) is 10.8 Å². The van der Waals surface area contributed by atoms with Gasteiger partial charge in [0.1, 0.15) is 0 Å². The molecule has 0 unspecified atom stereocenters. The second kappa shape index (κ2) is 8.96. The van der Waals surface area contributed by atoms with Gasteiger partial charge in [0, 0.05) is 29.0 Å². The molecule has 1 heterocycles. The van der Waals surface area contributed by atoms with Crippen molar-refractivity contribution in [1.82, 2.24) is 9.97 Å². The van der Waals surface area contributed by atoms with Crippen molar-refractivity contribution < 1.29 is 14.5 Å². The molecule has 3 aromatic rings. The van der Waals surface area contributed by atoms with Crippen LogP contribution in [0.2, 0.25) is 0 Å². The van der Waals surface area contributed by atoms with Gasteiger partial charge in [-0.15, -0.1) is 0 Å². The van der Waals surface area contributed by atoms with E-state index >= 15 is 0 Å². The summed E-state index contributed by atoms with van der Waals surface area (Å²) in [6.07, 6.45) is 3.35. The highest BCUT2D eigenvalue weighted by Crippen LogP contribution is 2.28. The molecule has 8 nitrogen and oxygen atoms in total. The van der Waals surface area contributed by atoms with Gasteiger partial charge in [0.2, 0.25) is 0 Å². The Labute approximate surface area is 165 Å². The predicted octanol–water partition coefficient (Wildman–Crippen LogP) is 3.86. The number of nitrogens with one attached hydrogen (secondary N) is 1. The molecular formula is C19H16N4O4S. The Balaban J connectivity index is 1.61. The van der Waals surface area contributed by atoms with Crippen molar-refractivity contribution in [3.05, 3.63) is 76.6 Å². The Morgan fingerprint density at radius 2 is 1.93 bits per heavy atom. The highest BCUT2D eigenvalue weighted by Gasteiger charge is 2.15. The molecule has 3 rings (SSSR count). The molecule has 0 atom stereocenters. The number of aromatic nitrogens is 2. The van der Waals surface area contributed by atoms with Gasteiger partial charge in [-0.2, -0.15) is 0 Å². The zero-order valence-corrected chi connectivity index (χ0v) is 15.7. The summed E-state index contributed by atoms with van der Waals surface area (Å²) in [5, 5.41) is 14.4. The normalized spacial score (nSPS) is 10.3. The number of nitro groups is 1. The number of nitrogens with zero attached hydrogens (tertiary/aromatic N) is 3. The molecule has 1 aromatic heterocycles. The van der Waals surface area contributed by atoms with E-state index in [-0.39, 0.29) is 18.0 Å². The van der Waals surface area contributed by atoms with Gasteiger partial charge in [0.05, 0.1) is 4.92 Å². The third kappa shape index (κ3) is 5.04. The van der Waals surface area contributed by atoms with E-state index in [2.05, 4.69) is 15.3 Å². The number of ether oxygens (including phenoxy) is 1. The molecule has 142 valence electrons. The number of amides is 1. The molecule has 0 spiro atoms. The molecule has 0 saturated carbocycles. The van der Waals surface area contributed by atoms with E-state index in [0.717, 1.165) is 10.5 Å². The average molecular weight is 396 g/mol. The minimum atomic E-state index is -0.551. The van der Waals surface area contributed by atoms with Crippen molar-refractivity contribution in [2.75, 3.05) is 11.9 Å². The highest BCUT2D eigenvalue weighted by molar-refractivity contribution is 7.99. The number of hydrogen-bond donors (Lipinski definition) is 1. The Bertz CT molecular complexity index is 998. The van der Waals surface area contributed by atoms with Crippen molar-refractivity contribution in [1.29, 1.82) is 0 Å². The molecule has 0 aliphatic heterocycles. The lowest BCUT2D eigenvalue weighted by Crippen LogP contribution is -2.20. The molecule has 1 N–H and O–H groups in total. The first-order valence-corrected chi connectivity index (χ1v) is 9.06. The standard InChI is InChI=1S/C19H16N4O4S/c1-13-11-14(28-19-20-9-4-10-21-19)7-8-15(13)22-18(24)12-27-17-6-3-2-5-16(17)23(25)26/h2-11H,12H2,1H3,(H,22,24). The molecule has 9 heteroatoms. The number of rotatable bonds is 7. The number of carbonyl (C=O) groups is 1. The van der Waals surface area contributed by atoms with Crippen LogP contribution in [0.3, 0.4) is 0 Å². The second-order valence-corrected chi connectivity index (χ2v) is 6.71. The number of benzene rings is 2. The largest absolute Gasteiger partial charge is 0.477 e. The summed E-state index contributed by atoms with van der Waals surface area (Å²) >= 11 is 1.42. The molecule has 28 heavy (non-hydrogen) atoms. The Hall–Kier alpha value is -3.46. The van der Waals surface area contributed by atoms with Crippen LogP contribution in [0.25, 0.3) is 0 Å². The average Bonchev–Trinajstić information content (AvgIpc) is 2.69. The predicted molar refractivity (Wildman–Crippen MR) is 105 cm³/mol. The zero-order valence-electron chi connectivity index (χ0n) is 14.9. The van der Waals surface area contributed by atoms with Crippen LogP contribution in [0.4, 0.5) is 11.4 Å². The fourth-order valence-corrected chi connectivity index (χ4v) is 3.15. The van der Waals surface area contributed by atoms with Crippen LogP contribution in [-0.4, -0.2) is 27.4 Å². The van der Waals surface area contributed by atoms with Gasteiger partial charge in [-0.25, -0.2) is 9.97 Å². The number of hydrogen-bond acceptors (Lipinski definition) is 7. The highest BCUT2D eigenvalue weighted by atomic mass is 32.2. The lowest BCUT2D eigenvalue weighted by atomic mass is 10.2. The van der Waals surface area contributed by atoms with E-state index < -0.39 is 10.8 Å². The first-order valence-electron chi connectivity index (χ1n) is 8.24. The van der Waals surface area contributed by atoms with Gasteiger partial charge in [0.25, 0.3) is 5.91 Å². The molecule has 0 radical (unpaired) electrons. The van der Waals surface area contributed by atoms with Gasteiger partial charge < -0.3 is 10.1 Å². The lowest BCUT2D eigenvalue weighted by molar-refractivity contribution is -0.385. The van der Waals surface area contributed by atoms with Crippen molar-refractivity contribution in [2.24, 2.45) is 0 Å². The van der Waals surface area contributed by atoms with Crippen molar-refractivity contribution in [3.8, 4) is 5.75 Å². The number of para-hydroxylation sites is 2. The van der Waals surface area contributed by atoms with E-state index in [1.807, 2.05) is 19.1 Å². The van der Waals surface area contributed by atoms with Gasteiger partial charge in [-0.05, 0) is 54.6 Å². The molecule has 0 aliphatic carbocycles. The number of anilines is 1. The SMILES string of the molecule is Cc1cc(Sc2ncccn2)ccc1NC(=O)COc1ccccc1[N+](=O)[O-]. The Kier molecular flexibility index (Phi) is 6.18. The van der Waals surface area contributed by atoms with Crippen LogP contribution in [0.5, 0.6) is 5.75 Å². The summed E-state index contributed by atoms with van der Waals surface area (Å²) in [5.74, 6) is -0.359. The van der Waals surface area contributed by atoms with Crippen LogP contribution in [0.1, 0.15) is 5.56 Å². The minimum Gasteiger partial charge on any atom is -0.477 e. The number of nitro benzene ring substituents is 1. The summed E-state index contributed by atoms with van der Waals surface area (Å²) in [5.41, 5.74) is 1.31. The van der Waals surface area contributed by atoms with E-state index in [1.54, 1.807) is 30.6 Å². The maximum absolute atomic E-state index is 12.2. The Morgan fingerprint density at radius 1 is 1.18 bits per heavy atom. The van der Waals surface area contributed by atoms with Crippen LogP contribution < -0.4 is 10.1 Å². The maximum Gasteiger partial charge on any atom is 0.310 e. The second-order valence-electron chi connectivity index (χ2n) is 5.67. The van der Waals surface area contributed by atoms with Gasteiger partial charge >= 0.3 is 5.69 Å². The zero-order chi connectivity index (χ0) is 19.9. The molecular weight excluding hydrogens is 380 g/mol. The summed E-state index contributed by atoms with van der Waals surface area (Å²) in [6.45, 7) is 1.53. The molecule has 0 fully saturated rings. The fraction of sp³-hybridized carbons (Fsp3) is 0.105. The van der Waals surface area contributed by atoms with Crippen molar-refractivity contribution >= 4 is 29.0 Å². The minimum absolute atomic E-state index is 0.0500. The van der Waals surface area contributed by atoms with Crippen LogP contribution in [0, 0.1) is 17.0 Å². The monoisotopic (exact) mass is 396 g/mol. The molecule has 0 saturated heterocycles. The van der Waals surface area contributed by atoms with Crippen molar-refractivity contribution in [2.45, 2.75) is 17.0 Å². The summed E-state index contributed by atoms with van der Waals surface area (Å²) in [7, 11) is 0. The van der Waals surface area contributed by atoms with Gasteiger partial charge in [-0.3, -0.25) is 14.9 Å². The molecule has 1 amide bonds. The lowest BCUT2D eigenvalue weighted by Gasteiger charge is -2.11. The number of carbonyl (C=O) groups excluding carboxylic acids is 1. The van der Waals surface area contributed by atoms with Crippen LogP contribution in [-0.2, 0) is 4.79 Å². The Morgan fingerprint density at radius 3 is 2.64 bits per heavy atom. The number of aryl methyl sites for hydroxylation is 1. The quantitative estimate of drug-likeness (QED) is 0.367. The van der Waals surface area contributed by atoms with Gasteiger partial charge in [0.15, 0.2) is 17.5 Å². The third-order valence-corrected chi connectivity index (χ3v) is 4.53. The van der Waals surface area contributed by atoms with Crippen LogP contribution in [0.15, 0.2) is 71.0 Å². The molecule has 0 aliphatic rings. The van der Waals surface area contributed by atoms with Crippen LogP contribution >= 0.6 is 11.8 Å². The van der Waals surface area contributed by atoms with E-state index in [9.17, 15) is 14.9 Å². The van der Waals surface area contributed by atoms with E-state index in [1.165, 1.54) is 30.0 Å². The first kappa shape index (κ1) is 19.3. The third-order valence-electron chi connectivity index (χ3n) is 3.64. The summed E-state index contributed by atoms with van der Waals surface area (Å²) in [4.78, 5) is 31.9. The molecule has 2 aromatic carbocycles. The fourth-order valence-electron chi connectivity index (χ4n) is 2.34. The summed E-state index contributed by atoms with van der Waals surface area (Å²) in [6, 6.07) is 13.2. The molecule has 0 bridgehead atoms. The van der Waals surface area contributed by atoms with E-state index in [4.69, 9.17) is 4.74 Å².